The van der Waals surface area contributed by atoms with Gasteiger partial charge in [0.15, 0.2) is 0 Å². The van der Waals surface area contributed by atoms with Gasteiger partial charge in [0, 0.05) is 19.5 Å². The molecule has 6 rings (SSSR count). The zero-order valence-electron chi connectivity index (χ0n) is 31.3. The van der Waals surface area contributed by atoms with E-state index in [2.05, 4.69) is 98.0 Å². The topological polar surface area (TPSA) is 101 Å². The fourth-order valence-electron chi connectivity index (χ4n) is 7.37. The zero-order valence-corrected chi connectivity index (χ0v) is 31.3. The highest BCUT2D eigenvalue weighted by atomic mass is 16.2. The van der Waals surface area contributed by atoms with Crippen molar-refractivity contribution < 1.29 is 9.59 Å². The van der Waals surface area contributed by atoms with E-state index in [-0.39, 0.29) is 23.9 Å². The molecule has 272 valence electrons. The summed E-state index contributed by atoms with van der Waals surface area (Å²) in [7, 11) is 0. The van der Waals surface area contributed by atoms with Gasteiger partial charge in [0.25, 0.3) is 0 Å². The monoisotopic (exact) mass is 699 g/mol. The second-order valence-electron chi connectivity index (χ2n) is 14.2. The molecule has 52 heavy (non-hydrogen) atoms. The lowest BCUT2D eigenvalue weighted by Gasteiger charge is -2.33. The van der Waals surface area contributed by atoms with Gasteiger partial charge in [-0.15, -0.1) is 0 Å². The lowest BCUT2D eigenvalue weighted by atomic mass is 10.0. The minimum absolute atomic E-state index is 0.0195. The first-order valence-corrected chi connectivity index (χ1v) is 19.0. The molecule has 1 saturated heterocycles. The molecule has 0 bridgehead atoms. The number of benzene rings is 3. The molecular formula is C43H53N7O2. The van der Waals surface area contributed by atoms with Crippen molar-refractivity contribution >= 4 is 11.8 Å². The van der Waals surface area contributed by atoms with E-state index < -0.39 is 0 Å². The fraction of sp³-hybridized carbons (Fsp3) is 0.395. The van der Waals surface area contributed by atoms with E-state index in [4.69, 9.17) is 9.97 Å². The highest BCUT2D eigenvalue weighted by Gasteiger charge is 2.32. The second kappa shape index (κ2) is 17.0. The van der Waals surface area contributed by atoms with Gasteiger partial charge in [-0.2, -0.15) is 0 Å². The van der Waals surface area contributed by atoms with Crippen LogP contribution in [0.25, 0.3) is 33.6 Å². The molecule has 0 radical (unpaired) electrons. The number of aromatic nitrogens is 4. The van der Waals surface area contributed by atoms with Crippen LogP contribution < -0.4 is 0 Å². The van der Waals surface area contributed by atoms with Crippen LogP contribution in [0, 0.1) is 5.92 Å². The summed E-state index contributed by atoms with van der Waals surface area (Å²) in [5, 5.41) is 0. The standard InChI is InChI=1S/C43H53N7O2/c1-6-24-49(43(52)41(48(7-2)8-3)35-13-10-9-11-14-35)29-39-44-27-36(46-39)33-20-16-31(17-21-33)32-18-22-34(23-19-32)37-28-45-42(47-37)38-15-12-25-50(38)40(51)26-30(4)5/h9-11,13-14,16-23,27-28,30,38,41H,6-8,12,15,24-26,29H2,1-5H3,(H,44,46)(H,45,47). The van der Waals surface area contributed by atoms with Crippen LogP contribution in [0.3, 0.4) is 0 Å². The molecule has 3 aromatic carbocycles. The molecule has 2 unspecified atom stereocenters. The Hall–Kier alpha value is -5.02. The predicted molar refractivity (Wildman–Crippen MR) is 208 cm³/mol. The van der Waals surface area contributed by atoms with Crippen molar-refractivity contribution in [3.63, 3.8) is 0 Å². The third-order valence-electron chi connectivity index (χ3n) is 10.1. The molecular weight excluding hydrogens is 647 g/mol. The molecule has 0 saturated carbocycles. The van der Waals surface area contributed by atoms with E-state index in [1.54, 1.807) is 0 Å². The van der Waals surface area contributed by atoms with Crippen molar-refractivity contribution in [2.24, 2.45) is 5.92 Å². The largest absolute Gasteiger partial charge is 0.341 e. The molecule has 1 aliphatic rings. The van der Waals surface area contributed by atoms with E-state index in [0.717, 1.165) is 89.8 Å². The molecule has 2 atom stereocenters. The summed E-state index contributed by atoms with van der Waals surface area (Å²) in [6, 6.07) is 26.8. The van der Waals surface area contributed by atoms with Crippen LogP contribution in [0.2, 0.25) is 0 Å². The van der Waals surface area contributed by atoms with Crippen molar-refractivity contribution in [2.45, 2.75) is 78.9 Å². The normalized spacial score (nSPS) is 15.1. The average molecular weight is 700 g/mol. The van der Waals surface area contributed by atoms with Crippen molar-refractivity contribution in [3.8, 4) is 33.6 Å². The molecule has 9 nitrogen and oxygen atoms in total. The summed E-state index contributed by atoms with van der Waals surface area (Å²) in [5.74, 6) is 2.30. The molecule has 2 aromatic heterocycles. The number of nitrogens with zero attached hydrogens (tertiary/aromatic N) is 5. The number of amides is 2. The molecule has 2 amide bonds. The van der Waals surface area contributed by atoms with Crippen LogP contribution in [0.15, 0.2) is 91.3 Å². The number of H-pyrrole nitrogens is 2. The summed E-state index contributed by atoms with van der Waals surface area (Å²) < 4.78 is 0. The lowest BCUT2D eigenvalue weighted by molar-refractivity contribution is -0.138. The number of hydrogen-bond acceptors (Lipinski definition) is 5. The van der Waals surface area contributed by atoms with Gasteiger partial charge in [0.05, 0.1) is 36.4 Å². The first-order chi connectivity index (χ1) is 25.3. The smallest absolute Gasteiger partial charge is 0.244 e. The number of aromatic amines is 2. The number of imidazole rings is 2. The van der Waals surface area contributed by atoms with Crippen molar-refractivity contribution in [1.29, 1.82) is 0 Å². The number of hydrogen-bond donors (Lipinski definition) is 2. The summed E-state index contributed by atoms with van der Waals surface area (Å²) >= 11 is 0. The van der Waals surface area contributed by atoms with Crippen molar-refractivity contribution in [3.05, 3.63) is 108 Å². The number of rotatable bonds is 15. The second-order valence-corrected chi connectivity index (χ2v) is 14.2. The van der Waals surface area contributed by atoms with E-state index in [0.29, 0.717) is 25.4 Å². The van der Waals surface area contributed by atoms with Gasteiger partial charge in [0.2, 0.25) is 11.8 Å². The lowest BCUT2D eigenvalue weighted by Crippen LogP contribution is -2.43. The van der Waals surface area contributed by atoms with Crippen LogP contribution >= 0.6 is 0 Å². The van der Waals surface area contributed by atoms with Crippen molar-refractivity contribution in [1.82, 2.24) is 34.6 Å². The molecule has 9 heteroatoms. The summed E-state index contributed by atoms with van der Waals surface area (Å²) in [6.07, 6.45) is 7.12. The maximum atomic E-state index is 14.1. The number of carbonyl (C=O) groups is 2. The summed E-state index contributed by atoms with van der Waals surface area (Å²) in [5.41, 5.74) is 7.24. The van der Waals surface area contributed by atoms with Crippen LogP contribution in [0.4, 0.5) is 0 Å². The Kier molecular flexibility index (Phi) is 12.0. The number of carbonyl (C=O) groups excluding carboxylic acids is 2. The highest BCUT2D eigenvalue weighted by Crippen LogP contribution is 2.33. The van der Waals surface area contributed by atoms with Gasteiger partial charge in [-0.25, -0.2) is 9.97 Å². The maximum Gasteiger partial charge on any atom is 0.244 e. The number of likely N-dealkylation sites (tertiary alicyclic amines) is 1. The molecule has 2 N–H and O–H groups in total. The maximum absolute atomic E-state index is 14.1. The van der Waals surface area contributed by atoms with Crippen LogP contribution in [0.5, 0.6) is 0 Å². The predicted octanol–water partition coefficient (Wildman–Crippen LogP) is 8.67. The molecule has 0 aliphatic carbocycles. The number of nitrogens with one attached hydrogen (secondary N) is 2. The van der Waals surface area contributed by atoms with E-state index in [1.165, 1.54) is 0 Å². The Morgan fingerprint density at radius 2 is 1.40 bits per heavy atom. The highest BCUT2D eigenvalue weighted by molar-refractivity contribution is 5.83. The Labute approximate surface area is 308 Å². The number of likely N-dealkylation sites (N-methyl/N-ethyl adjacent to an activating group) is 1. The molecule has 3 heterocycles. The van der Waals surface area contributed by atoms with Crippen LogP contribution in [-0.2, 0) is 16.1 Å². The Bertz CT molecular complexity index is 1890. The van der Waals surface area contributed by atoms with E-state index in [9.17, 15) is 9.59 Å². The SMILES string of the molecule is CCCN(Cc1ncc(-c2ccc(-c3ccc(-c4cnc(C5CCCN5C(=O)CC(C)C)[nH]4)cc3)cc2)[nH]1)C(=O)C(c1ccccc1)N(CC)CC. The minimum Gasteiger partial charge on any atom is -0.341 e. The van der Waals surface area contributed by atoms with E-state index in [1.807, 2.05) is 52.5 Å². The first kappa shape index (κ1) is 36.8. The molecule has 0 spiro atoms. The third kappa shape index (κ3) is 8.37. The Morgan fingerprint density at radius 3 is 2.00 bits per heavy atom. The summed E-state index contributed by atoms with van der Waals surface area (Å²) in [6.45, 7) is 14.0. The Morgan fingerprint density at radius 1 is 0.808 bits per heavy atom. The molecule has 1 fully saturated rings. The quantitative estimate of drug-likeness (QED) is 0.114. The summed E-state index contributed by atoms with van der Waals surface area (Å²) in [4.78, 5) is 49.5. The third-order valence-corrected chi connectivity index (χ3v) is 10.1. The first-order valence-electron chi connectivity index (χ1n) is 19.0. The molecule has 5 aromatic rings. The van der Waals surface area contributed by atoms with Crippen LogP contribution in [0.1, 0.15) is 89.6 Å². The van der Waals surface area contributed by atoms with E-state index >= 15 is 0 Å². The Balaban J connectivity index is 1.11. The fourth-order valence-corrected chi connectivity index (χ4v) is 7.37. The van der Waals surface area contributed by atoms with Crippen molar-refractivity contribution in [2.75, 3.05) is 26.2 Å². The van der Waals surface area contributed by atoms with Gasteiger partial charge in [0.1, 0.15) is 17.7 Å². The van der Waals surface area contributed by atoms with Gasteiger partial charge >= 0.3 is 0 Å². The van der Waals surface area contributed by atoms with Gasteiger partial charge < -0.3 is 19.8 Å². The molecule has 1 aliphatic heterocycles. The van der Waals surface area contributed by atoms with Crippen LogP contribution in [-0.4, -0.2) is 72.6 Å². The minimum atomic E-state index is -0.329. The zero-order chi connectivity index (χ0) is 36.6. The van der Waals surface area contributed by atoms with Gasteiger partial charge in [-0.05, 0) is 66.1 Å². The average Bonchev–Trinajstić information content (AvgIpc) is 3.95. The van der Waals surface area contributed by atoms with Gasteiger partial charge in [-0.3, -0.25) is 14.5 Å². The van der Waals surface area contributed by atoms with Gasteiger partial charge in [-0.1, -0.05) is 113 Å².